The number of rotatable bonds is 3. The van der Waals surface area contributed by atoms with Gasteiger partial charge in [-0.25, -0.2) is 0 Å². The summed E-state index contributed by atoms with van der Waals surface area (Å²) >= 11 is 0. The Bertz CT molecular complexity index is 440. The maximum absolute atomic E-state index is 13.2. The van der Waals surface area contributed by atoms with Gasteiger partial charge in [-0.15, -0.1) is 0 Å². The highest BCUT2D eigenvalue weighted by Gasteiger charge is 2.58. The van der Waals surface area contributed by atoms with Crippen LogP contribution in [0.2, 0.25) is 0 Å². The van der Waals surface area contributed by atoms with Crippen molar-refractivity contribution in [3.05, 3.63) is 35.4 Å². The minimum absolute atomic E-state index is 0.0129. The van der Waals surface area contributed by atoms with E-state index in [1.807, 2.05) is 0 Å². The van der Waals surface area contributed by atoms with Crippen LogP contribution in [0.25, 0.3) is 0 Å². The zero-order chi connectivity index (χ0) is 13.6. The van der Waals surface area contributed by atoms with E-state index in [0.29, 0.717) is 12.1 Å². The zero-order valence-electron chi connectivity index (χ0n) is 9.35. The van der Waals surface area contributed by atoms with Gasteiger partial charge in [0.1, 0.15) is 0 Å². The number of benzene rings is 1. The third kappa shape index (κ3) is 2.21. The topological polar surface area (TPSA) is 26.0 Å². The highest BCUT2D eigenvalue weighted by atomic mass is 19.4. The Morgan fingerprint density at radius 2 is 1.83 bits per heavy atom. The van der Waals surface area contributed by atoms with Gasteiger partial charge in [-0.2, -0.15) is 22.0 Å². The van der Waals surface area contributed by atoms with Crippen LogP contribution in [0.3, 0.4) is 0 Å². The van der Waals surface area contributed by atoms with Gasteiger partial charge in [0.2, 0.25) is 0 Å². The summed E-state index contributed by atoms with van der Waals surface area (Å²) in [4.78, 5) is 0. The second kappa shape index (κ2) is 4.19. The smallest absolute Gasteiger partial charge is 0.330 e. The average Bonchev–Trinajstić information content (AvgIpc) is 3.07. The second-order valence-corrected chi connectivity index (χ2v) is 4.54. The van der Waals surface area contributed by atoms with E-state index in [-0.39, 0.29) is 11.8 Å². The molecule has 2 rings (SSSR count). The van der Waals surface area contributed by atoms with Crippen LogP contribution in [0.1, 0.15) is 23.5 Å². The van der Waals surface area contributed by atoms with Crippen LogP contribution in [0.15, 0.2) is 24.3 Å². The average molecular weight is 265 g/mol. The van der Waals surface area contributed by atoms with Crippen molar-refractivity contribution in [1.82, 2.24) is 0 Å². The predicted octanol–water partition coefficient (Wildman–Crippen LogP) is 3.40. The van der Waals surface area contributed by atoms with Crippen molar-refractivity contribution in [1.29, 1.82) is 0 Å². The molecule has 0 bridgehead atoms. The molecule has 1 nitrogen and oxygen atoms in total. The summed E-state index contributed by atoms with van der Waals surface area (Å²) in [5.74, 6) is -4.60. The van der Waals surface area contributed by atoms with Gasteiger partial charge < -0.3 is 5.73 Å². The zero-order valence-corrected chi connectivity index (χ0v) is 9.35. The second-order valence-electron chi connectivity index (χ2n) is 4.54. The molecule has 0 aliphatic heterocycles. The molecule has 0 saturated heterocycles. The highest BCUT2D eigenvalue weighted by molar-refractivity contribution is 5.33. The predicted molar refractivity (Wildman–Crippen MR) is 56.3 cm³/mol. The Kier molecular flexibility index (Phi) is 3.09. The lowest BCUT2D eigenvalue weighted by Crippen LogP contribution is -2.33. The van der Waals surface area contributed by atoms with Crippen molar-refractivity contribution in [2.24, 2.45) is 11.7 Å². The fraction of sp³-hybridized carbons (Fsp3) is 0.500. The third-order valence-electron chi connectivity index (χ3n) is 3.26. The molecule has 2 N–H and O–H groups in total. The number of alkyl halides is 5. The summed E-state index contributed by atoms with van der Waals surface area (Å²) in [5.41, 5.74) is 4.93. The number of halogens is 5. The van der Waals surface area contributed by atoms with E-state index in [2.05, 4.69) is 0 Å². The van der Waals surface area contributed by atoms with Gasteiger partial charge in [0, 0.05) is 5.56 Å². The Labute approximate surface area is 101 Å². The van der Waals surface area contributed by atoms with Crippen molar-refractivity contribution in [2.75, 3.05) is 6.54 Å². The van der Waals surface area contributed by atoms with Crippen molar-refractivity contribution in [3.63, 3.8) is 0 Å². The van der Waals surface area contributed by atoms with Crippen molar-refractivity contribution < 1.29 is 22.0 Å². The molecule has 0 amide bonds. The molecule has 1 fully saturated rings. The van der Waals surface area contributed by atoms with Crippen LogP contribution in [0.5, 0.6) is 0 Å². The van der Waals surface area contributed by atoms with Crippen LogP contribution in [-0.2, 0) is 5.92 Å². The van der Waals surface area contributed by atoms with Gasteiger partial charge in [0.05, 0.1) is 0 Å². The molecule has 1 saturated carbocycles. The molecule has 100 valence electrons. The first kappa shape index (κ1) is 13.3. The van der Waals surface area contributed by atoms with Crippen LogP contribution in [0, 0.1) is 5.92 Å². The first-order valence-electron chi connectivity index (χ1n) is 5.52. The first-order valence-corrected chi connectivity index (χ1v) is 5.52. The van der Waals surface area contributed by atoms with Gasteiger partial charge in [0.25, 0.3) is 0 Å². The largest absolute Gasteiger partial charge is 0.458 e. The lowest BCUT2D eigenvalue weighted by atomic mass is 10.0. The van der Waals surface area contributed by atoms with Gasteiger partial charge in [-0.05, 0) is 36.4 Å². The lowest BCUT2D eigenvalue weighted by molar-refractivity contribution is -0.289. The Morgan fingerprint density at radius 3 is 2.33 bits per heavy atom. The fourth-order valence-corrected chi connectivity index (χ4v) is 2.04. The molecule has 6 heteroatoms. The molecule has 18 heavy (non-hydrogen) atoms. The van der Waals surface area contributed by atoms with Crippen LogP contribution in [-0.4, -0.2) is 12.7 Å². The van der Waals surface area contributed by atoms with Gasteiger partial charge in [-0.1, -0.05) is 18.2 Å². The summed E-state index contributed by atoms with van der Waals surface area (Å²) in [7, 11) is 0. The summed E-state index contributed by atoms with van der Waals surface area (Å²) in [5, 5.41) is 0. The molecule has 2 atom stereocenters. The van der Waals surface area contributed by atoms with Gasteiger partial charge in [0.15, 0.2) is 0 Å². The normalized spacial score (nSPS) is 24.1. The SMILES string of the molecule is NC[C@@H]1C[C@H]1c1cccc(C(F)(F)C(F)(F)F)c1. The van der Waals surface area contributed by atoms with E-state index in [0.717, 1.165) is 18.6 Å². The summed E-state index contributed by atoms with van der Waals surface area (Å²) in [6.45, 7) is 0.421. The van der Waals surface area contributed by atoms with E-state index in [1.54, 1.807) is 6.07 Å². The Morgan fingerprint density at radius 1 is 1.17 bits per heavy atom. The summed E-state index contributed by atoms with van der Waals surface area (Å²) in [6, 6.07) is 4.54. The molecule has 1 aliphatic rings. The molecule has 1 aromatic carbocycles. The Balaban J connectivity index is 2.28. The van der Waals surface area contributed by atoms with Crippen LogP contribution in [0.4, 0.5) is 22.0 Å². The first-order chi connectivity index (χ1) is 8.27. The third-order valence-corrected chi connectivity index (χ3v) is 3.26. The van der Waals surface area contributed by atoms with E-state index < -0.39 is 17.7 Å². The number of hydrogen-bond acceptors (Lipinski definition) is 1. The van der Waals surface area contributed by atoms with E-state index in [4.69, 9.17) is 5.73 Å². The molecule has 1 aromatic rings. The maximum atomic E-state index is 13.2. The minimum atomic E-state index is -5.57. The summed E-state index contributed by atoms with van der Waals surface area (Å²) < 4.78 is 63.0. The van der Waals surface area contributed by atoms with E-state index in [9.17, 15) is 22.0 Å². The number of hydrogen-bond donors (Lipinski definition) is 1. The van der Waals surface area contributed by atoms with Crippen LogP contribution >= 0.6 is 0 Å². The molecule has 0 radical (unpaired) electrons. The van der Waals surface area contributed by atoms with E-state index in [1.165, 1.54) is 6.07 Å². The lowest BCUT2D eigenvalue weighted by Gasteiger charge is -2.20. The monoisotopic (exact) mass is 265 g/mol. The molecule has 1 aliphatic carbocycles. The maximum Gasteiger partial charge on any atom is 0.458 e. The molecule has 0 unspecified atom stereocenters. The fourth-order valence-electron chi connectivity index (χ4n) is 2.04. The molecule has 0 aromatic heterocycles. The van der Waals surface area contributed by atoms with Crippen LogP contribution < -0.4 is 5.73 Å². The van der Waals surface area contributed by atoms with E-state index >= 15 is 0 Å². The molecule has 0 heterocycles. The summed E-state index contributed by atoms with van der Waals surface area (Å²) in [6.07, 6.45) is -4.82. The molecule has 0 spiro atoms. The molecular weight excluding hydrogens is 253 g/mol. The van der Waals surface area contributed by atoms with Gasteiger partial charge in [-0.3, -0.25) is 0 Å². The highest BCUT2D eigenvalue weighted by Crippen LogP contribution is 2.49. The standard InChI is InChI=1S/C12H12F5N/c13-11(14,12(15,16)17)9-3-1-2-7(4-9)10-5-8(10)6-18/h1-4,8,10H,5-6,18H2/t8-,10-/m0/s1. The van der Waals surface area contributed by atoms with Gasteiger partial charge >= 0.3 is 12.1 Å². The Hall–Kier alpha value is -1.17. The minimum Gasteiger partial charge on any atom is -0.330 e. The molecular formula is C12H12F5N. The van der Waals surface area contributed by atoms with Crippen molar-refractivity contribution >= 4 is 0 Å². The number of nitrogens with two attached hydrogens (primary N) is 1. The quantitative estimate of drug-likeness (QED) is 0.833. The van der Waals surface area contributed by atoms with Crippen molar-refractivity contribution in [2.45, 2.75) is 24.4 Å². The van der Waals surface area contributed by atoms with Crippen molar-refractivity contribution in [3.8, 4) is 0 Å².